The van der Waals surface area contributed by atoms with E-state index >= 15 is 0 Å². The number of halogens is 3. The second-order valence-electron chi connectivity index (χ2n) is 3.30. The van der Waals surface area contributed by atoms with Crippen LogP contribution in [0.3, 0.4) is 0 Å². The number of hydrogen-bond acceptors (Lipinski definition) is 6. The van der Waals surface area contributed by atoms with Crippen molar-refractivity contribution in [3.8, 4) is 0 Å². The molecule has 0 rings (SSSR count). The van der Waals surface area contributed by atoms with Crippen molar-refractivity contribution in [2.24, 2.45) is 5.73 Å². The van der Waals surface area contributed by atoms with Crippen LogP contribution in [0.4, 0.5) is 13.2 Å². The highest BCUT2D eigenvalue weighted by molar-refractivity contribution is 7.90. The van der Waals surface area contributed by atoms with Crippen molar-refractivity contribution >= 4 is 21.7 Å². The van der Waals surface area contributed by atoms with Crippen molar-refractivity contribution in [2.45, 2.75) is 18.6 Å². The summed E-state index contributed by atoms with van der Waals surface area (Å²) in [5, 5.41) is 15.2. The van der Waals surface area contributed by atoms with Crippen LogP contribution >= 0.6 is 0 Å². The standard InChI is InChI=1S/C5H12N2O4S.C2HF3O2/c1-12(10,11)3-2-4(6)5(8)7-9;3-2(4,5)1(6)7/h4,9H,2-3,6H2,1H3,(H,7,8);(H,6,7)/t4-;/m0./s1. The minimum Gasteiger partial charge on any atom is -0.475 e. The molecule has 8 nitrogen and oxygen atoms in total. The Morgan fingerprint density at radius 2 is 1.74 bits per heavy atom. The van der Waals surface area contributed by atoms with Crippen LogP contribution in [0.25, 0.3) is 0 Å². The van der Waals surface area contributed by atoms with Crippen LogP contribution in [0.15, 0.2) is 0 Å². The summed E-state index contributed by atoms with van der Waals surface area (Å²) in [5.74, 6) is -3.70. The van der Waals surface area contributed by atoms with E-state index in [1.807, 2.05) is 0 Å². The number of nitrogens with two attached hydrogens (primary N) is 1. The monoisotopic (exact) mass is 310 g/mol. The molecule has 0 saturated carbocycles. The maximum atomic E-state index is 10.6. The lowest BCUT2D eigenvalue weighted by Gasteiger charge is -2.07. The number of carboxylic acids is 1. The highest BCUT2D eigenvalue weighted by atomic mass is 32.2. The molecule has 0 bridgehead atoms. The van der Waals surface area contributed by atoms with Crippen molar-refractivity contribution < 1.29 is 41.5 Å². The van der Waals surface area contributed by atoms with Crippen molar-refractivity contribution in [1.82, 2.24) is 5.48 Å². The van der Waals surface area contributed by atoms with Gasteiger partial charge in [-0.25, -0.2) is 18.7 Å². The third-order valence-corrected chi connectivity index (χ3v) is 2.47. The van der Waals surface area contributed by atoms with Crippen LogP contribution in [-0.2, 0) is 19.4 Å². The van der Waals surface area contributed by atoms with Gasteiger partial charge in [-0.3, -0.25) is 10.0 Å². The molecule has 0 aromatic heterocycles. The third-order valence-electron chi connectivity index (χ3n) is 1.49. The van der Waals surface area contributed by atoms with E-state index in [-0.39, 0.29) is 12.2 Å². The zero-order chi connectivity index (χ0) is 15.9. The molecular formula is C7H13F3N2O6S. The Balaban J connectivity index is 0. The van der Waals surface area contributed by atoms with Gasteiger partial charge in [-0.1, -0.05) is 0 Å². The van der Waals surface area contributed by atoms with Gasteiger partial charge in [-0.2, -0.15) is 13.2 Å². The molecule has 0 aromatic rings. The molecule has 0 aliphatic carbocycles. The lowest BCUT2D eigenvalue weighted by Crippen LogP contribution is -2.40. The summed E-state index contributed by atoms with van der Waals surface area (Å²) in [5.41, 5.74) is 6.54. The van der Waals surface area contributed by atoms with E-state index in [0.717, 1.165) is 6.26 Å². The molecule has 0 unspecified atom stereocenters. The van der Waals surface area contributed by atoms with Crippen LogP contribution < -0.4 is 11.2 Å². The van der Waals surface area contributed by atoms with Gasteiger partial charge in [0.2, 0.25) is 0 Å². The van der Waals surface area contributed by atoms with Gasteiger partial charge >= 0.3 is 12.1 Å². The van der Waals surface area contributed by atoms with Crippen molar-refractivity contribution in [1.29, 1.82) is 0 Å². The molecule has 1 amide bonds. The molecular weight excluding hydrogens is 297 g/mol. The Hall–Kier alpha value is -1.40. The number of nitrogens with one attached hydrogen (secondary N) is 1. The first kappa shape index (κ1) is 19.9. The van der Waals surface area contributed by atoms with E-state index < -0.39 is 33.9 Å². The third kappa shape index (κ3) is 12.8. The molecule has 0 aliphatic heterocycles. The number of alkyl halides is 3. The first-order valence-corrected chi connectivity index (χ1v) is 6.54. The molecule has 5 N–H and O–H groups in total. The lowest BCUT2D eigenvalue weighted by atomic mass is 10.2. The fourth-order valence-corrected chi connectivity index (χ4v) is 1.24. The number of hydrogen-bond donors (Lipinski definition) is 4. The van der Waals surface area contributed by atoms with Crippen LogP contribution in [0.1, 0.15) is 6.42 Å². The van der Waals surface area contributed by atoms with Gasteiger partial charge in [0.25, 0.3) is 5.91 Å². The predicted octanol–water partition coefficient (Wildman–Crippen LogP) is -1.11. The maximum absolute atomic E-state index is 10.6. The maximum Gasteiger partial charge on any atom is 0.490 e. The molecule has 0 aliphatic rings. The first-order valence-electron chi connectivity index (χ1n) is 4.48. The smallest absolute Gasteiger partial charge is 0.475 e. The second kappa shape index (κ2) is 7.91. The number of sulfone groups is 1. The van der Waals surface area contributed by atoms with E-state index in [2.05, 4.69) is 0 Å². The summed E-state index contributed by atoms with van der Waals surface area (Å²) in [6.07, 6.45) is -4.03. The number of carbonyl (C=O) groups excluding carboxylic acids is 1. The molecule has 0 aromatic carbocycles. The molecule has 1 atom stereocenters. The number of carbonyl (C=O) groups is 2. The fourth-order valence-electron chi connectivity index (χ4n) is 0.555. The molecule has 114 valence electrons. The van der Waals surface area contributed by atoms with Gasteiger partial charge in [0.15, 0.2) is 0 Å². The Kier molecular flexibility index (Phi) is 8.30. The Bertz CT molecular complexity index is 408. The largest absolute Gasteiger partial charge is 0.490 e. The summed E-state index contributed by atoms with van der Waals surface area (Å²) >= 11 is 0. The van der Waals surface area contributed by atoms with E-state index in [1.54, 1.807) is 0 Å². The quantitative estimate of drug-likeness (QED) is 0.380. The highest BCUT2D eigenvalue weighted by Gasteiger charge is 2.38. The number of amides is 1. The second-order valence-corrected chi connectivity index (χ2v) is 5.56. The predicted molar refractivity (Wildman–Crippen MR) is 55.9 cm³/mol. The van der Waals surface area contributed by atoms with Crippen LogP contribution in [0.2, 0.25) is 0 Å². The summed E-state index contributed by atoms with van der Waals surface area (Å²) in [7, 11) is -3.10. The molecule has 12 heteroatoms. The Morgan fingerprint density at radius 3 is 1.95 bits per heavy atom. The Morgan fingerprint density at radius 1 is 1.37 bits per heavy atom. The molecule has 0 fully saturated rings. The van der Waals surface area contributed by atoms with Gasteiger partial charge < -0.3 is 10.8 Å². The SMILES string of the molecule is CS(=O)(=O)CC[C@H](N)C(=O)NO.O=C(O)C(F)(F)F. The number of aliphatic carboxylic acids is 1. The molecule has 0 radical (unpaired) electrons. The zero-order valence-electron chi connectivity index (χ0n) is 9.64. The lowest BCUT2D eigenvalue weighted by molar-refractivity contribution is -0.192. The normalized spacial score (nSPS) is 12.9. The topological polar surface area (TPSA) is 147 Å². The molecule has 0 saturated heterocycles. The van der Waals surface area contributed by atoms with E-state index in [4.69, 9.17) is 20.8 Å². The van der Waals surface area contributed by atoms with Gasteiger partial charge in [0, 0.05) is 6.26 Å². The minimum atomic E-state index is -5.08. The summed E-state index contributed by atoms with van der Waals surface area (Å²) in [6.45, 7) is 0. The van der Waals surface area contributed by atoms with Crippen LogP contribution in [0, 0.1) is 0 Å². The van der Waals surface area contributed by atoms with Gasteiger partial charge in [-0.15, -0.1) is 0 Å². The van der Waals surface area contributed by atoms with Crippen LogP contribution in [0.5, 0.6) is 0 Å². The summed E-state index contributed by atoms with van der Waals surface area (Å²) in [4.78, 5) is 19.4. The van der Waals surface area contributed by atoms with Crippen molar-refractivity contribution in [3.05, 3.63) is 0 Å². The van der Waals surface area contributed by atoms with Crippen molar-refractivity contribution in [2.75, 3.05) is 12.0 Å². The molecule has 19 heavy (non-hydrogen) atoms. The highest BCUT2D eigenvalue weighted by Crippen LogP contribution is 2.13. The molecule has 0 heterocycles. The van der Waals surface area contributed by atoms with E-state index in [9.17, 15) is 26.4 Å². The fraction of sp³-hybridized carbons (Fsp3) is 0.714. The number of carboxylic acid groups (broad SMARTS) is 1. The average Bonchev–Trinajstić information content (AvgIpc) is 2.23. The minimum absolute atomic E-state index is 0.00519. The summed E-state index contributed by atoms with van der Waals surface area (Å²) in [6, 6.07) is -0.982. The number of hydroxylamine groups is 1. The Labute approximate surface area is 106 Å². The van der Waals surface area contributed by atoms with Crippen molar-refractivity contribution in [3.63, 3.8) is 0 Å². The first-order chi connectivity index (χ1) is 8.31. The van der Waals surface area contributed by atoms with E-state index in [1.165, 1.54) is 5.48 Å². The van der Waals surface area contributed by atoms with E-state index in [0.29, 0.717) is 0 Å². The average molecular weight is 310 g/mol. The van der Waals surface area contributed by atoms with Gasteiger partial charge in [-0.05, 0) is 6.42 Å². The zero-order valence-corrected chi connectivity index (χ0v) is 10.5. The number of rotatable bonds is 4. The van der Waals surface area contributed by atoms with Crippen LogP contribution in [-0.4, -0.2) is 54.8 Å². The van der Waals surface area contributed by atoms with Gasteiger partial charge in [0.05, 0.1) is 11.8 Å². The molecule has 0 spiro atoms. The van der Waals surface area contributed by atoms with Gasteiger partial charge in [0.1, 0.15) is 9.84 Å². The summed E-state index contributed by atoms with van der Waals surface area (Å²) < 4.78 is 52.9.